The minimum atomic E-state index is -0.514. The molecule has 3 N–H and O–H groups in total. The van der Waals surface area contributed by atoms with E-state index in [-0.39, 0.29) is 29.9 Å². The highest BCUT2D eigenvalue weighted by Gasteiger charge is 2.34. The molecule has 1 fully saturated rings. The summed E-state index contributed by atoms with van der Waals surface area (Å²) in [6.07, 6.45) is 4.46. The molecule has 0 aromatic heterocycles. The maximum absolute atomic E-state index is 12.4. The number of urea groups is 1. The van der Waals surface area contributed by atoms with Crippen molar-refractivity contribution in [3.8, 4) is 0 Å². The van der Waals surface area contributed by atoms with Gasteiger partial charge in [0, 0.05) is 17.3 Å². The maximum Gasteiger partial charge on any atom is 0.325 e. The van der Waals surface area contributed by atoms with Gasteiger partial charge < -0.3 is 20.7 Å². The summed E-state index contributed by atoms with van der Waals surface area (Å²) < 4.78 is 4.48. The van der Waals surface area contributed by atoms with Crippen LogP contribution in [0.5, 0.6) is 0 Å². The highest BCUT2D eigenvalue weighted by Crippen LogP contribution is 2.38. The van der Waals surface area contributed by atoms with Gasteiger partial charge in [0.2, 0.25) is 0 Å². The number of ether oxygens (including phenoxy) is 1. The molecule has 3 amide bonds. The Balaban J connectivity index is 1.90. The number of hydrogen-bond donors (Lipinski definition) is 3. The normalized spacial score (nSPS) is 19.4. The van der Waals surface area contributed by atoms with Gasteiger partial charge in [0.1, 0.15) is 6.54 Å². The van der Waals surface area contributed by atoms with Crippen LogP contribution in [0.3, 0.4) is 0 Å². The first-order valence-electron chi connectivity index (χ1n) is 9.73. The predicted molar refractivity (Wildman–Crippen MR) is 108 cm³/mol. The van der Waals surface area contributed by atoms with E-state index in [1.54, 1.807) is 24.3 Å². The van der Waals surface area contributed by atoms with E-state index < -0.39 is 5.97 Å². The predicted octanol–water partition coefficient (Wildman–Crippen LogP) is 3.32. The number of methoxy groups -OCH3 is 1. The van der Waals surface area contributed by atoms with Crippen molar-refractivity contribution < 1.29 is 19.1 Å². The van der Waals surface area contributed by atoms with E-state index >= 15 is 0 Å². The van der Waals surface area contributed by atoms with Gasteiger partial charge in [-0.25, -0.2) is 4.79 Å². The molecule has 0 unspecified atom stereocenters. The Morgan fingerprint density at radius 2 is 1.71 bits per heavy atom. The zero-order chi connectivity index (χ0) is 20.7. The van der Waals surface area contributed by atoms with Gasteiger partial charge in [0.05, 0.1) is 7.11 Å². The molecular formula is C21H31N3O4. The molecule has 0 radical (unpaired) electrons. The quantitative estimate of drug-likeness (QED) is 0.673. The highest BCUT2D eigenvalue weighted by molar-refractivity contribution is 5.97. The lowest BCUT2D eigenvalue weighted by atomic mass is 9.69. The van der Waals surface area contributed by atoms with Crippen molar-refractivity contribution in [2.24, 2.45) is 11.3 Å². The van der Waals surface area contributed by atoms with E-state index in [0.717, 1.165) is 19.3 Å². The molecule has 0 spiro atoms. The molecule has 0 saturated heterocycles. The SMILES string of the molecule is COC(=O)CNC(=O)c1ccc(NC(=O)N[C@H]2CCCC[C@H]2C(C)(C)C)cc1. The van der Waals surface area contributed by atoms with Crippen LogP contribution in [0, 0.1) is 11.3 Å². The Morgan fingerprint density at radius 3 is 2.32 bits per heavy atom. The molecule has 2 rings (SSSR count). The zero-order valence-corrected chi connectivity index (χ0v) is 17.1. The third kappa shape index (κ3) is 6.25. The molecule has 1 saturated carbocycles. The standard InChI is InChI=1S/C21H31N3O4/c1-21(2,3)16-7-5-6-8-17(16)24-20(27)23-15-11-9-14(10-12-15)19(26)22-13-18(25)28-4/h9-12,16-17H,5-8,13H2,1-4H3,(H,22,26)(H2,23,24,27)/t16-,17+/m1/s1. The van der Waals surface area contributed by atoms with Crippen LogP contribution in [-0.4, -0.2) is 37.6 Å². The van der Waals surface area contributed by atoms with E-state index in [2.05, 4.69) is 41.5 Å². The smallest absolute Gasteiger partial charge is 0.325 e. The number of benzene rings is 1. The summed E-state index contributed by atoms with van der Waals surface area (Å²) in [6, 6.07) is 6.45. The number of carbonyl (C=O) groups excluding carboxylic acids is 3. The van der Waals surface area contributed by atoms with Gasteiger partial charge in [-0.15, -0.1) is 0 Å². The lowest BCUT2D eigenvalue weighted by Gasteiger charge is -2.40. The molecule has 7 heteroatoms. The van der Waals surface area contributed by atoms with Crippen LogP contribution in [-0.2, 0) is 9.53 Å². The maximum atomic E-state index is 12.4. The topological polar surface area (TPSA) is 96.5 Å². The Labute approximate surface area is 166 Å². The van der Waals surface area contributed by atoms with Crippen molar-refractivity contribution in [1.29, 1.82) is 0 Å². The van der Waals surface area contributed by atoms with Crippen molar-refractivity contribution >= 4 is 23.6 Å². The number of amides is 3. The summed E-state index contributed by atoms with van der Waals surface area (Å²) in [5.74, 6) is -0.441. The van der Waals surface area contributed by atoms with E-state index in [9.17, 15) is 14.4 Å². The second-order valence-electron chi connectivity index (χ2n) is 8.30. The molecule has 7 nitrogen and oxygen atoms in total. The number of hydrogen-bond acceptors (Lipinski definition) is 4. The van der Waals surface area contributed by atoms with Crippen molar-refractivity contribution in [2.45, 2.75) is 52.5 Å². The number of anilines is 1. The summed E-state index contributed by atoms with van der Waals surface area (Å²) in [7, 11) is 1.26. The number of nitrogens with one attached hydrogen (secondary N) is 3. The summed E-state index contributed by atoms with van der Waals surface area (Å²) in [4.78, 5) is 35.5. The fraction of sp³-hybridized carbons (Fsp3) is 0.571. The summed E-state index contributed by atoms with van der Waals surface area (Å²) in [6.45, 7) is 6.48. The third-order valence-electron chi connectivity index (χ3n) is 5.22. The van der Waals surface area contributed by atoms with Crippen molar-refractivity contribution in [2.75, 3.05) is 19.0 Å². The van der Waals surface area contributed by atoms with Crippen molar-refractivity contribution in [3.63, 3.8) is 0 Å². The molecule has 154 valence electrons. The lowest BCUT2D eigenvalue weighted by molar-refractivity contribution is -0.139. The number of carbonyl (C=O) groups is 3. The summed E-state index contributed by atoms with van der Waals surface area (Å²) >= 11 is 0. The second kappa shape index (κ2) is 9.57. The zero-order valence-electron chi connectivity index (χ0n) is 17.1. The average molecular weight is 389 g/mol. The van der Waals surface area contributed by atoms with E-state index in [0.29, 0.717) is 17.2 Å². The van der Waals surface area contributed by atoms with E-state index in [1.165, 1.54) is 13.5 Å². The number of rotatable bonds is 5. The molecule has 0 bridgehead atoms. The third-order valence-corrected chi connectivity index (χ3v) is 5.22. The molecule has 1 aromatic carbocycles. The van der Waals surface area contributed by atoms with Crippen molar-refractivity contribution in [3.05, 3.63) is 29.8 Å². The van der Waals surface area contributed by atoms with Gasteiger partial charge in [-0.05, 0) is 48.4 Å². The molecule has 1 aliphatic rings. The lowest BCUT2D eigenvalue weighted by Crippen LogP contribution is -2.48. The fourth-order valence-electron chi connectivity index (χ4n) is 3.71. The first-order valence-corrected chi connectivity index (χ1v) is 9.73. The Morgan fingerprint density at radius 1 is 1.07 bits per heavy atom. The first kappa shape index (κ1) is 21.7. The van der Waals surface area contributed by atoms with E-state index in [1.807, 2.05) is 0 Å². The average Bonchev–Trinajstić information content (AvgIpc) is 2.65. The molecule has 0 heterocycles. The number of esters is 1. The van der Waals surface area contributed by atoms with Crippen LogP contribution in [0.2, 0.25) is 0 Å². The van der Waals surface area contributed by atoms with Gasteiger partial charge in [-0.3, -0.25) is 9.59 Å². The monoisotopic (exact) mass is 389 g/mol. The van der Waals surface area contributed by atoms with Gasteiger partial charge in [-0.2, -0.15) is 0 Å². The van der Waals surface area contributed by atoms with Crippen LogP contribution in [0.4, 0.5) is 10.5 Å². The van der Waals surface area contributed by atoms with Crippen LogP contribution in [0.15, 0.2) is 24.3 Å². The van der Waals surface area contributed by atoms with Crippen LogP contribution < -0.4 is 16.0 Å². The summed E-state index contributed by atoms with van der Waals surface area (Å²) in [5, 5.41) is 8.42. The van der Waals surface area contributed by atoms with Crippen LogP contribution in [0.1, 0.15) is 56.8 Å². The van der Waals surface area contributed by atoms with Gasteiger partial charge >= 0.3 is 12.0 Å². The minimum Gasteiger partial charge on any atom is -0.468 e. The van der Waals surface area contributed by atoms with Crippen LogP contribution in [0.25, 0.3) is 0 Å². The highest BCUT2D eigenvalue weighted by atomic mass is 16.5. The van der Waals surface area contributed by atoms with Gasteiger partial charge in [0.15, 0.2) is 0 Å². The fourth-order valence-corrected chi connectivity index (χ4v) is 3.71. The summed E-state index contributed by atoms with van der Waals surface area (Å²) in [5.41, 5.74) is 1.15. The first-order chi connectivity index (χ1) is 13.2. The second-order valence-corrected chi connectivity index (χ2v) is 8.30. The molecule has 0 aliphatic heterocycles. The van der Waals surface area contributed by atoms with E-state index in [4.69, 9.17) is 0 Å². The Hall–Kier alpha value is -2.57. The van der Waals surface area contributed by atoms with Crippen LogP contribution >= 0.6 is 0 Å². The Bertz CT molecular complexity index is 695. The van der Waals surface area contributed by atoms with Crippen molar-refractivity contribution in [1.82, 2.24) is 10.6 Å². The Kier molecular flexibility index (Phi) is 7.43. The van der Waals surface area contributed by atoms with Gasteiger partial charge in [0.25, 0.3) is 5.91 Å². The minimum absolute atomic E-state index is 0.150. The largest absolute Gasteiger partial charge is 0.468 e. The van der Waals surface area contributed by atoms with Gasteiger partial charge in [-0.1, -0.05) is 33.6 Å². The molecular weight excluding hydrogens is 358 g/mol. The molecule has 1 aromatic rings. The molecule has 1 aliphatic carbocycles. The molecule has 28 heavy (non-hydrogen) atoms. The molecule has 2 atom stereocenters.